The highest BCUT2D eigenvalue weighted by molar-refractivity contribution is 5.93. The molecule has 1 N–H and O–H groups in total. The van der Waals surface area contributed by atoms with Crippen LogP contribution in [-0.2, 0) is 6.42 Å². The van der Waals surface area contributed by atoms with Crippen LogP contribution < -0.4 is 4.74 Å². The Balaban J connectivity index is 0.00000304. The molecular formula is C30H30ClF2NO2. The molecule has 3 nitrogen and oxygen atoms in total. The van der Waals surface area contributed by atoms with Gasteiger partial charge in [-0.3, -0.25) is 4.90 Å². The molecule has 36 heavy (non-hydrogen) atoms. The zero-order chi connectivity index (χ0) is 24.2. The van der Waals surface area contributed by atoms with Gasteiger partial charge in [0.15, 0.2) is 0 Å². The molecule has 1 aliphatic heterocycles. The first-order chi connectivity index (χ1) is 17.1. The highest BCUT2D eigenvalue weighted by Crippen LogP contribution is 2.35. The molecule has 6 heteroatoms. The quantitative estimate of drug-likeness (QED) is 0.282. The molecule has 0 saturated carbocycles. The van der Waals surface area contributed by atoms with Crippen molar-refractivity contribution in [1.29, 1.82) is 0 Å². The third-order valence-electron chi connectivity index (χ3n) is 6.76. The van der Waals surface area contributed by atoms with E-state index >= 15 is 0 Å². The lowest BCUT2D eigenvalue weighted by Crippen LogP contribution is -2.33. The third-order valence-corrected chi connectivity index (χ3v) is 6.76. The first-order valence-electron chi connectivity index (χ1n) is 12.2. The van der Waals surface area contributed by atoms with Gasteiger partial charge in [0.25, 0.3) is 0 Å². The van der Waals surface area contributed by atoms with Crippen molar-refractivity contribution in [1.82, 2.24) is 4.90 Å². The fourth-order valence-electron chi connectivity index (χ4n) is 4.91. The summed E-state index contributed by atoms with van der Waals surface area (Å²) in [6.07, 6.45) is 4.39. The van der Waals surface area contributed by atoms with Crippen molar-refractivity contribution in [2.45, 2.75) is 25.7 Å². The first kappa shape index (κ1) is 25.9. The van der Waals surface area contributed by atoms with Crippen LogP contribution in [0, 0.1) is 11.6 Å². The summed E-state index contributed by atoms with van der Waals surface area (Å²) in [7, 11) is 0. The maximum absolute atomic E-state index is 14.7. The zero-order valence-electron chi connectivity index (χ0n) is 20.1. The number of phenols is 1. The summed E-state index contributed by atoms with van der Waals surface area (Å²) in [5.41, 5.74) is 2.78. The fraction of sp³-hybridized carbons (Fsp3) is 0.267. The lowest BCUT2D eigenvalue weighted by Gasteiger charge is -2.26. The van der Waals surface area contributed by atoms with Crippen LogP contribution in [0.15, 0.2) is 72.8 Å². The first-order valence-corrected chi connectivity index (χ1v) is 12.2. The molecule has 0 amide bonds. The molecule has 1 saturated heterocycles. The lowest BCUT2D eigenvalue weighted by molar-refractivity contribution is 0.183. The van der Waals surface area contributed by atoms with Gasteiger partial charge in [0, 0.05) is 12.1 Å². The van der Waals surface area contributed by atoms with E-state index in [4.69, 9.17) is 4.74 Å². The standard InChI is InChI=1S/C30H29F2NO2.ClH/c31-23-7-13-30(32)29(20-23)27-11-6-22-19-24(34)8-12-26(22)28(27)18-21-4-9-25(10-5-21)35-17-16-33-14-2-1-3-15-33;/h4-13,19-20,34H,1-3,14-18H2;1H. The molecule has 1 heterocycles. The molecule has 0 aromatic heterocycles. The second-order valence-electron chi connectivity index (χ2n) is 9.19. The molecule has 1 fully saturated rings. The number of hydrogen-bond donors (Lipinski definition) is 1. The number of benzene rings is 4. The van der Waals surface area contributed by atoms with Crippen molar-refractivity contribution in [3.05, 3.63) is 95.6 Å². The van der Waals surface area contributed by atoms with Gasteiger partial charge >= 0.3 is 0 Å². The molecule has 0 unspecified atom stereocenters. The van der Waals surface area contributed by atoms with Gasteiger partial charge in [0.1, 0.15) is 29.7 Å². The Morgan fingerprint density at radius 3 is 2.36 bits per heavy atom. The van der Waals surface area contributed by atoms with Crippen molar-refractivity contribution in [2.24, 2.45) is 0 Å². The number of ether oxygens (including phenoxy) is 1. The van der Waals surface area contributed by atoms with Gasteiger partial charge in [-0.1, -0.05) is 36.8 Å². The average Bonchev–Trinajstić information content (AvgIpc) is 2.87. The maximum atomic E-state index is 14.7. The van der Waals surface area contributed by atoms with E-state index in [1.54, 1.807) is 18.2 Å². The van der Waals surface area contributed by atoms with Gasteiger partial charge in [-0.25, -0.2) is 8.78 Å². The summed E-state index contributed by atoms with van der Waals surface area (Å²) in [4.78, 5) is 2.45. The van der Waals surface area contributed by atoms with Crippen LogP contribution in [0.25, 0.3) is 21.9 Å². The minimum absolute atomic E-state index is 0. The predicted octanol–water partition coefficient (Wildman–Crippen LogP) is 7.37. The van der Waals surface area contributed by atoms with Crippen molar-refractivity contribution < 1.29 is 18.6 Å². The molecule has 0 atom stereocenters. The minimum Gasteiger partial charge on any atom is -0.508 e. The van der Waals surface area contributed by atoms with E-state index in [2.05, 4.69) is 4.90 Å². The van der Waals surface area contributed by atoms with Gasteiger partial charge in [-0.15, -0.1) is 12.4 Å². The van der Waals surface area contributed by atoms with Gasteiger partial charge in [0.2, 0.25) is 0 Å². The number of halogens is 3. The van der Waals surface area contributed by atoms with Gasteiger partial charge in [-0.2, -0.15) is 0 Å². The second kappa shape index (κ2) is 11.7. The van der Waals surface area contributed by atoms with Crippen LogP contribution in [0.4, 0.5) is 8.78 Å². The number of nitrogens with zero attached hydrogens (tertiary/aromatic N) is 1. The van der Waals surface area contributed by atoms with E-state index < -0.39 is 11.6 Å². The van der Waals surface area contributed by atoms with Crippen molar-refractivity contribution in [3.8, 4) is 22.6 Å². The van der Waals surface area contributed by atoms with E-state index in [0.29, 0.717) is 18.6 Å². The Hall–Kier alpha value is -3.15. The number of rotatable bonds is 7. The summed E-state index contributed by atoms with van der Waals surface area (Å²) >= 11 is 0. The maximum Gasteiger partial charge on any atom is 0.131 e. The largest absolute Gasteiger partial charge is 0.508 e. The number of piperidine rings is 1. The number of fused-ring (bicyclic) bond motifs is 1. The number of phenolic OH excluding ortho intramolecular Hbond substituents is 1. The predicted molar refractivity (Wildman–Crippen MR) is 143 cm³/mol. The molecule has 5 rings (SSSR count). The topological polar surface area (TPSA) is 32.7 Å². The van der Waals surface area contributed by atoms with Gasteiger partial charge < -0.3 is 9.84 Å². The van der Waals surface area contributed by atoms with E-state index in [0.717, 1.165) is 59.4 Å². The summed E-state index contributed by atoms with van der Waals surface area (Å²) in [6, 6.07) is 20.2. The Morgan fingerprint density at radius 1 is 0.806 bits per heavy atom. The van der Waals surface area contributed by atoms with Gasteiger partial charge in [0.05, 0.1) is 0 Å². The number of aromatic hydroxyl groups is 1. The Kier molecular flexibility index (Phi) is 8.44. The van der Waals surface area contributed by atoms with Crippen LogP contribution in [-0.4, -0.2) is 36.2 Å². The van der Waals surface area contributed by atoms with Crippen LogP contribution >= 0.6 is 12.4 Å². The van der Waals surface area contributed by atoms with E-state index in [-0.39, 0.29) is 23.7 Å². The third kappa shape index (κ3) is 5.97. The molecule has 0 bridgehead atoms. The van der Waals surface area contributed by atoms with Gasteiger partial charge in [-0.05, 0) is 102 Å². The van der Waals surface area contributed by atoms with Crippen LogP contribution in [0.5, 0.6) is 11.5 Å². The van der Waals surface area contributed by atoms with Crippen molar-refractivity contribution in [2.75, 3.05) is 26.2 Å². The zero-order valence-corrected chi connectivity index (χ0v) is 20.9. The summed E-state index contributed by atoms with van der Waals surface area (Å²) in [6.45, 7) is 3.90. The highest BCUT2D eigenvalue weighted by Gasteiger charge is 2.15. The summed E-state index contributed by atoms with van der Waals surface area (Å²) < 4.78 is 34.7. The second-order valence-corrected chi connectivity index (χ2v) is 9.19. The molecule has 1 aliphatic rings. The molecule has 4 aromatic carbocycles. The molecule has 0 aliphatic carbocycles. The summed E-state index contributed by atoms with van der Waals surface area (Å²) in [5.74, 6) is 0.0385. The lowest BCUT2D eigenvalue weighted by atomic mass is 9.90. The van der Waals surface area contributed by atoms with Crippen LogP contribution in [0.2, 0.25) is 0 Å². The normalized spacial score (nSPS) is 13.9. The fourth-order valence-corrected chi connectivity index (χ4v) is 4.91. The highest BCUT2D eigenvalue weighted by atomic mass is 35.5. The number of hydrogen-bond acceptors (Lipinski definition) is 3. The smallest absolute Gasteiger partial charge is 0.131 e. The minimum atomic E-state index is -0.482. The molecule has 0 spiro atoms. The Bertz CT molecular complexity index is 1320. The summed E-state index contributed by atoms with van der Waals surface area (Å²) in [5, 5.41) is 11.7. The van der Waals surface area contributed by atoms with Crippen LogP contribution in [0.1, 0.15) is 30.4 Å². The molecular weight excluding hydrogens is 480 g/mol. The molecule has 4 aromatic rings. The SMILES string of the molecule is Cl.Oc1ccc2c(Cc3ccc(OCCN4CCCCC4)cc3)c(-c3cc(F)ccc3F)ccc2c1. The number of likely N-dealkylation sites (tertiary alicyclic amines) is 1. The average molecular weight is 510 g/mol. The monoisotopic (exact) mass is 509 g/mol. The van der Waals surface area contributed by atoms with E-state index in [1.165, 1.54) is 25.3 Å². The van der Waals surface area contributed by atoms with Crippen LogP contribution in [0.3, 0.4) is 0 Å². The molecule has 0 radical (unpaired) electrons. The Labute approximate surface area is 216 Å². The molecule has 188 valence electrons. The van der Waals surface area contributed by atoms with E-state index in [1.807, 2.05) is 36.4 Å². The van der Waals surface area contributed by atoms with Crippen molar-refractivity contribution >= 4 is 23.2 Å². The Morgan fingerprint density at radius 2 is 1.58 bits per heavy atom. The van der Waals surface area contributed by atoms with Crippen molar-refractivity contribution in [3.63, 3.8) is 0 Å². The van der Waals surface area contributed by atoms with E-state index in [9.17, 15) is 13.9 Å².